The van der Waals surface area contributed by atoms with Gasteiger partial charge in [0.25, 0.3) is 5.91 Å². The highest BCUT2D eigenvalue weighted by molar-refractivity contribution is 5.92. The molecule has 0 heterocycles. The lowest BCUT2D eigenvalue weighted by Crippen LogP contribution is -2.28. The summed E-state index contributed by atoms with van der Waals surface area (Å²) in [5.74, 6) is -0.877. The van der Waals surface area contributed by atoms with Crippen molar-refractivity contribution in [1.82, 2.24) is 5.32 Å². The number of nitrogen functional groups attached to an aromatic ring is 1. The van der Waals surface area contributed by atoms with Crippen LogP contribution in [-0.2, 0) is 9.53 Å². The Labute approximate surface area is 93.6 Å². The first kappa shape index (κ1) is 12.0. The van der Waals surface area contributed by atoms with Crippen molar-refractivity contribution in [3.8, 4) is 0 Å². The Hall–Kier alpha value is -2.04. The van der Waals surface area contributed by atoms with Gasteiger partial charge >= 0.3 is 5.97 Å². The number of anilines is 1. The van der Waals surface area contributed by atoms with Gasteiger partial charge in [0.2, 0.25) is 0 Å². The van der Waals surface area contributed by atoms with Crippen molar-refractivity contribution in [2.75, 3.05) is 18.9 Å². The average molecular weight is 222 g/mol. The molecule has 0 saturated heterocycles. The normalized spacial score (nSPS) is 9.56. The van der Waals surface area contributed by atoms with Crippen LogP contribution in [0.2, 0.25) is 0 Å². The zero-order chi connectivity index (χ0) is 12.0. The second-order valence-electron chi connectivity index (χ2n) is 3.16. The fourth-order valence-electron chi connectivity index (χ4n) is 1.13. The molecule has 0 radical (unpaired) electrons. The summed E-state index contributed by atoms with van der Waals surface area (Å²) >= 11 is 0. The van der Waals surface area contributed by atoms with Crippen molar-refractivity contribution in [2.24, 2.45) is 0 Å². The first-order valence-electron chi connectivity index (χ1n) is 4.93. The van der Waals surface area contributed by atoms with Crippen molar-refractivity contribution in [1.29, 1.82) is 0 Å². The number of carbonyl (C=O) groups is 2. The number of ether oxygens (including phenoxy) is 1. The highest BCUT2D eigenvalue weighted by atomic mass is 16.5. The van der Waals surface area contributed by atoms with Crippen LogP contribution < -0.4 is 11.1 Å². The van der Waals surface area contributed by atoms with Crippen LogP contribution in [0.15, 0.2) is 24.3 Å². The van der Waals surface area contributed by atoms with Crippen LogP contribution in [0.1, 0.15) is 17.3 Å². The van der Waals surface area contributed by atoms with E-state index in [9.17, 15) is 9.59 Å². The fourth-order valence-corrected chi connectivity index (χ4v) is 1.13. The van der Waals surface area contributed by atoms with Crippen molar-refractivity contribution < 1.29 is 14.3 Å². The average Bonchev–Trinajstić information content (AvgIpc) is 2.26. The summed E-state index contributed by atoms with van der Waals surface area (Å²) < 4.78 is 4.79. The van der Waals surface area contributed by atoms with Crippen LogP contribution in [0.25, 0.3) is 0 Å². The van der Waals surface area contributed by atoms with Crippen molar-refractivity contribution in [2.45, 2.75) is 6.92 Å². The first-order chi connectivity index (χ1) is 7.63. The number of esters is 1. The second-order valence-corrected chi connectivity index (χ2v) is 3.16. The number of nitrogens with one attached hydrogen (secondary N) is 1. The largest absolute Gasteiger partial charge is 0.452 e. The van der Waals surface area contributed by atoms with Gasteiger partial charge in [-0.3, -0.25) is 4.79 Å². The second kappa shape index (κ2) is 5.75. The van der Waals surface area contributed by atoms with Crippen LogP contribution in [0, 0.1) is 0 Å². The van der Waals surface area contributed by atoms with Crippen molar-refractivity contribution in [3.63, 3.8) is 0 Å². The van der Waals surface area contributed by atoms with E-state index in [1.807, 2.05) is 0 Å². The van der Waals surface area contributed by atoms with Gasteiger partial charge in [0.15, 0.2) is 6.61 Å². The minimum atomic E-state index is -0.557. The van der Waals surface area contributed by atoms with Crippen LogP contribution in [-0.4, -0.2) is 25.0 Å². The Balaban J connectivity index is 2.50. The summed E-state index contributed by atoms with van der Waals surface area (Å²) in [5.41, 5.74) is 6.33. The minimum Gasteiger partial charge on any atom is -0.452 e. The minimum absolute atomic E-state index is 0.276. The van der Waals surface area contributed by atoms with Gasteiger partial charge in [0, 0.05) is 12.2 Å². The van der Waals surface area contributed by atoms with E-state index in [0.717, 1.165) is 0 Å². The van der Waals surface area contributed by atoms with Crippen LogP contribution in [0.4, 0.5) is 5.69 Å². The van der Waals surface area contributed by atoms with E-state index in [-0.39, 0.29) is 12.5 Å². The number of benzene rings is 1. The Kier molecular flexibility index (Phi) is 4.32. The fraction of sp³-hybridized carbons (Fsp3) is 0.273. The number of hydrogen-bond donors (Lipinski definition) is 2. The van der Waals surface area contributed by atoms with Gasteiger partial charge in [-0.2, -0.15) is 0 Å². The van der Waals surface area contributed by atoms with Crippen molar-refractivity contribution >= 4 is 17.6 Å². The molecule has 1 amide bonds. The molecule has 1 aromatic carbocycles. The summed E-state index contributed by atoms with van der Waals surface area (Å²) in [4.78, 5) is 22.5. The molecule has 0 aliphatic carbocycles. The zero-order valence-electron chi connectivity index (χ0n) is 9.03. The molecular weight excluding hydrogens is 208 g/mol. The summed E-state index contributed by atoms with van der Waals surface area (Å²) in [6.45, 7) is 2.02. The maximum absolute atomic E-state index is 11.4. The molecule has 0 aliphatic rings. The number of carbonyl (C=O) groups excluding carboxylic acids is 2. The number of amides is 1. The molecule has 16 heavy (non-hydrogen) atoms. The zero-order valence-corrected chi connectivity index (χ0v) is 9.03. The quantitative estimate of drug-likeness (QED) is 0.576. The van der Waals surface area contributed by atoms with E-state index in [0.29, 0.717) is 17.8 Å². The van der Waals surface area contributed by atoms with E-state index < -0.39 is 5.97 Å². The smallest absolute Gasteiger partial charge is 0.338 e. The van der Waals surface area contributed by atoms with Gasteiger partial charge in [-0.05, 0) is 25.1 Å². The number of nitrogens with two attached hydrogens (primary N) is 1. The lowest BCUT2D eigenvalue weighted by Gasteiger charge is -2.05. The first-order valence-corrected chi connectivity index (χ1v) is 4.93. The molecule has 0 saturated carbocycles. The molecule has 0 atom stereocenters. The predicted octanol–water partition coefficient (Wildman–Crippen LogP) is 0.562. The lowest BCUT2D eigenvalue weighted by atomic mass is 10.2. The SMILES string of the molecule is CCNC(=O)COC(=O)c1cccc(N)c1. The molecule has 0 fully saturated rings. The molecule has 1 aromatic rings. The summed E-state index contributed by atoms with van der Waals surface area (Å²) in [7, 11) is 0. The standard InChI is InChI=1S/C11H14N2O3/c1-2-13-10(14)7-16-11(15)8-4-3-5-9(12)6-8/h3-6H,2,7,12H2,1H3,(H,13,14). The maximum atomic E-state index is 11.4. The molecular formula is C11H14N2O3. The number of rotatable bonds is 4. The molecule has 0 unspecified atom stereocenters. The van der Waals surface area contributed by atoms with Crippen LogP contribution >= 0.6 is 0 Å². The van der Waals surface area contributed by atoms with Gasteiger partial charge in [0.05, 0.1) is 5.56 Å². The van der Waals surface area contributed by atoms with Gasteiger partial charge in [0.1, 0.15) is 0 Å². The van der Waals surface area contributed by atoms with E-state index >= 15 is 0 Å². The Bertz CT molecular complexity index is 391. The van der Waals surface area contributed by atoms with Crippen LogP contribution in [0.5, 0.6) is 0 Å². The topological polar surface area (TPSA) is 81.4 Å². The number of hydrogen-bond acceptors (Lipinski definition) is 4. The summed E-state index contributed by atoms with van der Waals surface area (Å²) in [5, 5.41) is 2.52. The van der Waals surface area contributed by atoms with E-state index in [2.05, 4.69) is 5.32 Å². The Morgan fingerprint density at radius 3 is 2.81 bits per heavy atom. The molecule has 0 aromatic heterocycles. The van der Waals surface area contributed by atoms with E-state index in [1.54, 1.807) is 25.1 Å². The molecule has 5 heteroatoms. The Morgan fingerprint density at radius 2 is 2.19 bits per heavy atom. The van der Waals surface area contributed by atoms with Gasteiger partial charge in [-0.25, -0.2) is 4.79 Å². The molecule has 0 bridgehead atoms. The van der Waals surface area contributed by atoms with Gasteiger partial charge in [-0.1, -0.05) is 6.07 Å². The highest BCUT2D eigenvalue weighted by Gasteiger charge is 2.09. The lowest BCUT2D eigenvalue weighted by molar-refractivity contribution is -0.124. The monoisotopic (exact) mass is 222 g/mol. The van der Waals surface area contributed by atoms with E-state index in [4.69, 9.17) is 10.5 Å². The summed E-state index contributed by atoms with van der Waals surface area (Å²) in [6.07, 6.45) is 0. The van der Waals surface area contributed by atoms with Gasteiger partial charge in [-0.15, -0.1) is 0 Å². The number of likely N-dealkylation sites (N-methyl/N-ethyl adjacent to an activating group) is 1. The molecule has 0 spiro atoms. The van der Waals surface area contributed by atoms with E-state index in [1.165, 1.54) is 6.07 Å². The third-order valence-corrected chi connectivity index (χ3v) is 1.83. The van der Waals surface area contributed by atoms with Gasteiger partial charge < -0.3 is 15.8 Å². The third-order valence-electron chi connectivity index (χ3n) is 1.83. The maximum Gasteiger partial charge on any atom is 0.338 e. The molecule has 1 rings (SSSR count). The third kappa shape index (κ3) is 3.61. The van der Waals surface area contributed by atoms with Crippen LogP contribution in [0.3, 0.4) is 0 Å². The molecule has 5 nitrogen and oxygen atoms in total. The Morgan fingerprint density at radius 1 is 1.44 bits per heavy atom. The summed E-state index contributed by atoms with van der Waals surface area (Å²) in [6, 6.07) is 6.40. The highest BCUT2D eigenvalue weighted by Crippen LogP contribution is 2.07. The molecule has 86 valence electrons. The molecule has 0 aliphatic heterocycles. The van der Waals surface area contributed by atoms with Crippen molar-refractivity contribution in [3.05, 3.63) is 29.8 Å². The predicted molar refractivity (Wildman–Crippen MR) is 59.8 cm³/mol. The molecule has 3 N–H and O–H groups in total.